The van der Waals surface area contributed by atoms with E-state index in [9.17, 15) is 21.6 Å². The highest BCUT2D eigenvalue weighted by Gasteiger charge is 2.28. The topological polar surface area (TPSA) is 153 Å². The standard InChI is InChI=1S/C22H22FN5O6S3/c1-12(15-5-3-4-13-6-7-14(8-16(13)15)26-36(2,30)31)28-18-9-17(23)20(10-19(18)34-22(28)29)37(32,33)27-21-24-11-25-35-21/h3-5,9-12,14,26H,6-8H2,1-2H3,(H,24,25,27)/t12-,14?/m1/s1. The van der Waals surface area contributed by atoms with Crippen molar-refractivity contribution >= 4 is 47.8 Å². The number of sulfonamides is 2. The zero-order valence-corrected chi connectivity index (χ0v) is 22.1. The average molecular weight is 568 g/mol. The Morgan fingerprint density at radius 1 is 1.24 bits per heavy atom. The van der Waals surface area contributed by atoms with Crippen molar-refractivity contribution in [2.75, 3.05) is 11.0 Å². The fourth-order valence-electron chi connectivity index (χ4n) is 4.75. The van der Waals surface area contributed by atoms with Crippen LogP contribution in [-0.2, 0) is 32.9 Å². The number of hydrogen-bond donors (Lipinski definition) is 2. The predicted octanol–water partition coefficient (Wildman–Crippen LogP) is 2.40. The van der Waals surface area contributed by atoms with Crippen LogP contribution in [0.5, 0.6) is 0 Å². The normalized spacial score (nSPS) is 17.0. The number of anilines is 1. The Labute approximate surface area is 215 Å². The first kappa shape index (κ1) is 25.5. The third-order valence-corrected chi connectivity index (χ3v) is 9.10. The van der Waals surface area contributed by atoms with E-state index < -0.39 is 42.6 Å². The molecule has 2 aromatic carbocycles. The number of nitrogens with zero attached hydrogens (tertiary/aromatic N) is 3. The Balaban J connectivity index is 1.55. The Morgan fingerprint density at radius 3 is 2.73 bits per heavy atom. The SMILES string of the molecule is C[C@H](c1cccc2c1CC(NS(C)(=O)=O)CC2)n1c(=O)oc2cc(S(=O)(=O)Nc3ncns3)c(F)cc21. The predicted molar refractivity (Wildman–Crippen MR) is 135 cm³/mol. The molecular weight excluding hydrogens is 545 g/mol. The van der Waals surface area contributed by atoms with E-state index >= 15 is 4.39 Å². The highest BCUT2D eigenvalue weighted by molar-refractivity contribution is 7.93. The van der Waals surface area contributed by atoms with E-state index in [4.69, 9.17) is 4.42 Å². The maximum absolute atomic E-state index is 15.1. The maximum Gasteiger partial charge on any atom is 0.420 e. The highest BCUT2D eigenvalue weighted by Crippen LogP contribution is 2.33. The number of nitrogens with one attached hydrogen (secondary N) is 2. The van der Waals surface area contributed by atoms with Crippen molar-refractivity contribution in [2.45, 2.75) is 43.2 Å². The number of fused-ring (bicyclic) bond motifs is 2. The first-order valence-corrected chi connectivity index (χ1v) is 15.3. The summed E-state index contributed by atoms with van der Waals surface area (Å²) in [7, 11) is -7.76. The van der Waals surface area contributed by atoms with Gasteiger partial charge in [-0.05, 0) is 42.9 Å². The zero-order chi connectivity index (χ0) is 26.5. The molecule has 0 saturated carbocycles. The van der Waals surface area contributed by atoms with Crippen molar-refractivity contribution in [1.29, 1.82) is 0 Å². The highest BCUT2D eigenvalue weighted by atomic mass is 32.2. The Hall–Kier alpha value is -3.14. The molecule has 4 aromatic rings. The molecule has 0 spiro atoms. The number of aromatic nitrogens is 3. The van der Waals surface area contributed by atoms with Gasteiger partial charge in [0.25, 0.3) is 10.0 Å². The summed E-state index contributed by atoms with van der Waals surface area (Å²) in [4.78, 5) is 15.9. The van der Waals surface area contributed by atoms with Crippen molar-refractivity contribution in [2.24, 2.45) is 0 Å². The lowest BCUT2D eigenvalue weighted by atomic mass is 9.84. The number of halogens is 1. The van der Waals surface area contributed by atoms with E-state index in [2.05, 4.69) is 18.8 Å². The van der Waals surface area contributed by atoms with Crippen LogP contribution >= 0.6 is 11.5 Å². The summed E-state index contributed by atoms with van der Waals surface area (Å²) in [5.74, 6) is -1.86. The van der Waals surface area contributed by atoms with E-state index in [0.717, 1.165) is 52.9 Å². The van der Waals surface area contributed by atoms with Crippen LogP contribution in [0.2, 0.25) is 0 Å². The van der Waals surface area contributed by atoms with Crippen molar-refractivity contribution in [3.8, 4) is 0 Å². The van der Waals surface area contributed by atoms with E-state index in [1.54, 1.807) is 6.92 Å². The molecule has 1 unspecified atom stereocenters. The van der Waals surface area contributed by atoms with Crippen LogP contribution in [0.4, 0.5) is 9.52 Å². The number of benzene rings is 2. The van der Waals surface area contributed by atoms with Crippen molar-refractivity contribution in [3.63, 3.8) is 0 Å². The quantitative estimate of drug-likeness (QED) is 0.345. The van der Waals surface area contributed by atoms with E-state index in [0.29, 0.717) is 19.3 Å². The largest absolute Gasteiger partial charge is 0.420 e. The molecule has 1 aliphatic carbocycles. The van der Waals surface area contributed by atoms with Gasteiger partial charge in [0, 0.05) is 29.7 Å². The summed E-state index contributed by atoms with van der Waals surface area (Å²) in [6.07, 6.45) is 3.99. The van der Waals surface area contributed by atoms with Gasteiger partial charge in [-0.25, -0.2) is 35.7 Å². The molecular formula is C22H22FN5O6S3. The van der Waals surface area contributed by atoms with Gasteiger partial charge in [0.1, 0.15) is 17.0 Å². The molecule has 0 aliphatic heterocycles. The van der Waals surface area contributed by atoms with E-state index in [-0.39, 0.29) is 22.3 Å². The van der Waals surface area contributed by atoms with E-state index in [1.807, 2.05) is 18.2 Å². The second-order valence-electron chi connectivity index (χ2n) is 8.83. The number of aryl methyl sites for hydroxylation is 1. The lowest BCUT2D eigenvalue weighted by Crippen LogP contribution is -2.38. The van der Waals surface area contributed by atoms with Gasteiger partial charge in [0.15, 0.2) is 5.58 Å². The van der Waals surface area contributed by atoms with Crippen molar-refractivity contribution in [3.05, 3.63) is 69.7 Å². The summed E-state index contributed by atoms with van der Waals surface area (Å²) in [6.45, 7) is 1.75. The molecule has 0 radical (unpaired) electrons. The van der Waals surface area contributed by atoms with Crippen LogP contribution in [-0.4, -0.2) is 43.1 Å². The molecule has 2 atom stereocenters. The first-order chi connectivity index (χ1) is 17.4. The van der Waals surface area contributed by atoms with Gasteiger partial charge in [0.2, 0.25) is 15.2 Å². The third-order valence-electron chi connectivity index (χ3n) is 6.28. The van der Waals surface area contributed by atoms with Gasteiger partial charge in [-0.1, -0.05) is 18.2 Å². The molecule has 2 N–H and O–H groups in total. The van der Waals surface area contributed by atoms with Crippen LogP contribution in [0, 0.1) is 5.82 Å². The zero-order valence-electron chi connectivity index (χ0n) is 19.6. The summed E-state index contributed by atoms with van der Waals surface area (Å²) >= 11 is 0.787. The Bertz CT molecular complexity index is 1760. The van der Waals surface area contributed by atoms with Crippen LogP contribution in [0.3, 0.4) is 0 Å². The third kappa shape index (κ3) is 5.03. The average Bonchev–Trinajstić information content (AvgIpc) is 3.42. The van der Waals surface area contributed by atoms with Gasteiger partial charge in [0.05, 0.1) is 17.8 Å². The number of hydrogen-bond acceptors (Lipinski definition) is 9. The molecule has 5 rings (SSSR count). The molecule has 0 fully saturated rings. The monoisotopic (exact) mass is 567 g/mol. The van der Waals surface area contributed by atoms with Crippen LogP contribution < -0.4 is 15.2 Å². The van der Waals surface area contributed by atoms with Crippen molar-refractivity contribution < 1.29 is 25.6 Å². The Kier molecular flexibility index (Phi) is 6.42. The minimum absolute atomic E-state index is 0.0374. The fourth-order valence-corrected chi connectivity index (χ4v) is 7.29. The minimum Gasteiger partial charge on any atom is -0.408 e. The Morgan fingerprint density at radius 2 is 2.03 bits per heavy atom. The molecule has 37 heavy (non-hydrogen) atoms. The lowest BCUT2D eigenvalue weighted by molar-refractivity contribution is 0.480. The molecule has 15 heteroatoms. The molecule has 11 nitrogen and oxygen atoms in total. The second-order valence-corrected chi connectivity index (χ2v) is 13.0. The molecule has 1 aliphatic rings. The summed E-state index contributed by atoms with van der Waals surface area (Å²) in [5, 5.41) is -0.0374. The molecule has 196 valence electrons. The van der Waals surface area contributed by atoms with Crippen LogP contribution in [0.25, 0.3) is 11.1 Å². The molecule has 2 heterocycles. The van der Waals surface area contributed by atoms with Crippen molar-refractivity contribution in [1.82, 2.24) is 18.6 Å². The summed E-state index contributed by atoms with van der Waals surface area (Å²) < 4.78 is 79.2. The minimum atomic E-state index is -4.36. The van der Waals surface area contributed by atoms with Gasteiger partial charge < -0.3 is 4.42 Å². The van der Waals surface area contributed by atoms with Crippen LogP contribution in [0.1, 0.15) is 36.1 Å². The number of oxazole rings is 1. The van der Waals surface area contributed by atoms with E-state index in [1.165, 1.54) is 4.57 Å². The van der Waals surface area contributed by atoms with Gasteiger partial charge in [-0.15, -0.1) is 0 Å². The fraction of sp³-hybridized carbons (Fsp3) is 0.318. The molecule has 2 aromatic heterocycles. The van der Waals surface area contributed by atoms with Crippen LogP contribution in [0.15, 0.2) is 50.8 Å². The summed E-state index contributed by atoms with van der Waals surface area (Å²) in [6, 6.07) is 6.66. The smallest absolute Gasteiger partial charge is 0.408 e. The first-order valence-electron chi connectivity index (χ1n) is 11.1. The lowest BCUT2D eigenvalue weighted by Gasteiger charge is -2.28. The second kappa shape index (κ2) is 9.31. The molecule has 0 bridgehead atoms. The van der Waals surface area contributed by atoms with Gasteiger partial charge >= 0.3 is 5.76 Å². The summed E-state index contributed by atoms with van der Waals surface area (Å²) in [5.41, 5.74) is 2.70. The molecule has 0 saturated heterocycles. The maximum atomic E-state index is 15.1. The molecule has 0 amide bonds. The van der Waals surface area contributed by atoms with Gasteiger partial charge in [-0.3, -0.25) is 9.29 Å². The van der Waals surface area contributed by atoms with Gasteiger partial charge in [-0.2, -0.15) is 4.37 Å². The number of rotatable bonds is 7.